The molecule has 0 bridgehead atoms. The number of amides is 1. The SMILES string of the molecule is CN(CCC(F)(F)F)C(=O)Cc1csc(N)n1. The summed E-state index contributed by atoms with van der Waals surface area (Å²) in [7, 11) is 1.34. The molecule has 8 heteroatoms. The number of carbonyl (C=O) groups is 1. The predicted molar refractivity (Wildman–Crippen MR) is 58.5 cm³/mol. The average molecular weight is 267 g/mol. The van der Waals surface area contributed by atoms with Gasteiger partial charge in [0, 0.05) is 19.0 Å². The van der Waals surface area contributed by atoms with Gasteiger partial charge in [0.1, 0.15) is 0 Å². The summed E-state index contributed by atoms with van der Waals surface area (Å²) < 4.78 is 35.8. The molecule has 0 radical (unpaired) electrons. The van der Waals surface area contributed by atoms with E-state index >= 15 is 0 Å². The summed E-state index contributed by atoms with van der Waals surface area (Å²) in [5.41, 5.74) is 5.86. The molecule has 0 aliphatic rings. The number of rotatable bonds is 4. The van der Waals surface area contributed by atoms with Gasteiger partial charge in [-0.25, -0.2) is 4.98 Å². The summed E-state index contributed by atoms with van der Waals surface area (Å²) in [6.07, 6.45) is -5.28. The topological polar surface area (TPSA) is 59.2 Å². The van der Waals surface area contributed by atoms with Crippen molar-refractivity contribution < 1.29 is 18.0 Å². The fourth-order valence-electron chi connectivity index (χ4n) is 1.11. The maximum atomic E-state index is 11.9. The van der Waals surface area contributed by atoms with E-state index in [4.69, 9.17) is 5.73 Å². The molecule has 17 heavy (non-hydrogen) atoms. The maximum absolute atomic E-state index is 11.9. The van der Waals surface area contributed by atoms with Crippen molar-refractivity contribution in [2.45, 2.75) is 19.0 Å². The lowest BCUT2D eigenvalue weighted by atomic mass is 10.3. The van der Waals surface area contributed by atoms with Crippen LogP contribution in [0.4, 0.5) is 18.3 Å². The van der Waals surface area contributed by atoms with Crippen LogP contribution in [0.5, 0.6) is 0 Å². The number of thiazole rings is 1. The molecule has 0 saturated carbocycles. The Labute approximate surface area is 100 Å². The van der Waals surface area contributed by atoms with E-state index in [1.807, 2.05) is 0 Å². The highest BCUT2D eigenvalue weighted by Gasteiger charge is 2.28. The molecule has 0 aromatic carbocycles. The van der Waals surface area contributed by atoms with Crippen molar-refractivity contribution in [3.05, 3.63) is 11.1 Å². The second kappa shape index (κ2) is 5.35. The zero-order chi connectivity index (χ0) is 13.1. The molecule has 4 nitrogen and oxygen atoms in total. The second-order valence-corrected chi connectivity index (χ2v) is 4.42. The lowest BCUT2D eigenvalue weighted by molar-refractivity contribution is -0.143. The highest BCUT2D eigenvalue weighted by Crippen LogP contribution is 2.19. The summed E-state index contributed by atoms with van der Waals surface area (Å²) in [6, 6.07) is 0. The van der Waals surface area contributed by atoms with Gasteiger partial charge in [0.15, 0.2) is 5.13 Å². The number of anilines is 1. The highest BCUT2D eigenvalue weighted by molar-refractivity contribution is 7.13. The van der Waals surface area contributed by atoms with Gasteiger partial charge >= 0.3 is 6.18 Å². The number of halogens is 3. The highest BCUT2D eigenvalue weighted by atomic mass is 32.1. The largest absolute Gasteiger partial charge is 0.390 e. The van der Waals surface area contributed by atoms with Crippen LogP contribution in [0.3, 0.4) is 0 Å². The standard InChI is InChI=1S/C9H12F3N3OS/c1-15(3-2-9(10,11)12)7(16)4-6-5-17-8(13)14-6/h5H,2-4H2,1H3,(H2,13,14). The Morgan fingerprint density at radius 3 is 2.71 bits per heavy atom. The van der Waals surface area contributed by atoms with Gasteiger partial charge in [-0.05, 0) is 0 Å². The molecule has 1 aromatic rings. The molecular formula is C9H12F3N3OS. The Hall–Kier alpha value is -1.31. The van der Waals surface area contributed by atoms with Crippen LogP contribution >= 0.6 is 11.3 Å². The number of nitrogen functional groups attached to an aromatic ring is 1. The maximum Gasteiger partial charge on any atom is 0.390 e. The van der Waals surface area contributed by atoms with Crippen molar-refractivity contribution in [1.29, 1.82) is 0 Å². The van der Waals surface area contributed by atoms with Crippen molar-refractivity contribution in [3.8, 4) is 0 Å². The molecule has 0 saturated heterocycles. The fraction of sp³-hybridized carbons (Fsp3) is 0.556. The summed E-state index contributed by atoms with van der Waals surface area (Å²) in [5.74, 6) is -0.403. The number of hydrogen-bond acceptors (Lipinski definition) is 4. The molecule has 96 valence electrons. The van der Waals surface area contributed by atoms with Crippen LogP contribution in [0.1, 0.15) is 12.1 Å². The minimum absolute atomic E-state index is 0.0257. The van der Waals surface area contributed by atoms with Gasteiger partial charge in [0.05, 0.1) is 18.5 Å². The summed E-state index contributed by atoms with van der Waals surface area (Å²) in [4.78, 5) is 16.4. The number of aromatic nitrogens is 1. The molecule has 0 unspecified atom stereocenters. The van der Waals surface area contributed by atoms with Crippen LogP contribution in [0.2, 0.25) is 0 Å². The van der Waals surface area contributed by atoms with Crippen molar-refractivity contribution in [2.75, 3.05) is 19.3 Å². The van der Waals surface area contributed by atoms with Crippen molar-refractivity contribution in [2.24, 2.45) is 0 Å². The van der Waals surface area contributed by atoms with E-state index in [1.165, 1.54) is 18.4 Å². The normalized spacial score (nSPS) is 11.5. The molecule has 1 amide bonds. The third-order valence-corrected chi connectivity index (χ3v) is 2.78. The van der Waals surface area contributed by atoms with Crippen molar-refractivity contribution >= 4 is 22.4 Å². The lowest BCUT2D eigenvalue weighted by Gasteiger charge is -2.17. The number of nitrogens with zero attached hydrogens (tertiary/aromatic N) is 2. The molecule has 0 atom stereocenters. The minimum Gasteiger partial charge on any atom is -0.375 e. The first-order valence-corrected chi connectivity index (χ1v) is 5.66. The molecule has 0 aliphatic carbocycles. The number of nitrogens with two attached hydrogens (primary N) is 1. The van der Waals surface area contributed by atoms with E-state index in [9.17, 15) is 18.0 Å². The Morgan fingerprint density at radius 2 is 2.24 bits per heavy atom. The van der Waals surface area contributed by atoms with Crippen LogP contribution in [0, 0.1) is 0 Å². The first-order chi connectivity index (χ1) is 7.78. The summed E-state index contributed by atoms with van der Waals surface area (Å²) >= 11 is 1.19. The number of likely N-dealkylation sites (N-methyl/N-ethyl adjacent to an activating group) is 1. The quantitative estimate of drug-likeness (QED) is 0.903. The zero-order valence-electron chi connectivity index (χ0n) is 9.12. The number of carbonyl (C=O) groups excluding carboxylic acids is 1. The van der Waals surface area contributed by atoms with E-state index < -0.39 is 18.5 Å². The third kappa shape index (κ3) is 5.03. The number of alkyl halides is 3. The molecule has 1 rings (SSSR count). The molecule has 1 heterocycles. The molecular weight excluding hydrogens is 255 g/mol. The van der Waals surface area contributed by atoms with Crippen LogP contribution in [0.25, 0.3) is 0 Å². The molecule has 0 fully saturated rings. The average Bonchev–Trinajstić information content (AvgIpc) is 2.59. The number of hydrogen-bond donors (Lipinski definition) is 1. The monoisotopic (exact) mass is 267 g/mol. The fourth-order valence-corrected chi connectivity index (χ4v) is 1.68. The van der Waals surface area contributed by atoms with Gasteiger partial charge in [0.25, 0.3) is 0 Å². The van der Waals surface area contributed by atoms with Crippen LogP contribution < -0.4 is 5.73 Å². The summed E-state index contributed by atoms with van der Waals surface area (Å²) in [5, 5.41) is 1.95. The second-order valence-electron chi connectivity index (χ2n) is 3.53. The molecule has 0 spiro atoms. The Kier molecular flexibility index (Phi) is 4.33. The Balaban J connectivity index is 2.42. The lowest BCUT2D eigenvalue weighted by Crippen LogP contribution is -2.31. The van der Waals surface area contributed by atoms with Gasteiger partial charge in [-0.1, -0.05) is 0 Å². The summed E-state index contributed by atoms with van der Waals surface area (Å²) in [6.45, 7) is -0.345. The zero-order valence-corrected chi connectivity index (χ0v) is 9.94. The van der Waals surface area contributed by atoms with Crippen molar-refractivity contribution in [1.82, 2.24) is 9.88 Å². The van der Waals surface area contributed by atoms with Crippen molar-refractivity contribution in [3.63, 3.8) is 0 Å². The predicted octanol–water partition coefficient (Wildman–Crippen LogP) is 1.68. The van der Waals surface area contributed by atoms with E-state index in [0.29, 0.717) is 10.8 Å². The van der Waals surface area contributed by atoms with Gasteiger partial charge in [-0.2, -0.15) is 13.2 Å². The van der Waals surface area contributed by atoms with E-state index in [2.05, 4.69) is 4.98 Å². The third-order valence-electron chi connectivity index (χ3n) is 2.06. The van der Waals surface area contributed by atoms with E-state index in [1.54, 1.807) is 5.38 Å². The van der Waals surface area contributed by atoms with E-state index in [-0.39, 0.29) is 13.0 Å². The van der Waals surface area contributed by atoms with E-state index in [0.717, 1.165) is 4.90 Å². The van der Waals surface area contributed by atoms with Crippen LogP contribution in [-0.4, -0.2) is 35.6 Å². The van der Waals surface area contributed by atoms with Gasteiger partial charge in [-0.15, -0.1) is 11.3 Å². The Morgan fingerprint density at radius 1 is 1.59 bits per heavy atom. The first-order valence-electron chi connectivity index (χ1n) is 4.78. The minimum atomic E-state index is -4.25. The Bertz CT molecular complexity index is 391. The molecule has 2 N–H and O–H groups in total. The van der Waals surface area contributed by atoms with Gasteiger partial charge in [-0.3, -0.25) is 4.79 Å². The first kappa shape index (κ1) is 13.8. The van der Waals surface area contributed by atoms with Gasteiger partial charge < -0.3 is 10.6 Å². The van der Waals surface area contributed by atoms with Gasteiger partial charge in [0.2, 0.25) is 5.91 Å². The smallest absolute Gasteiger partial charge is 0.375 e. The van der Waals surface area contributed by atoms with Crippen LogP contribution in [0.15, 0.2) is 5.38 Å². The molecule has 1 aromatic heterocycles. The van der Waals surface area contributed by atoms with Crippen LogP contribution in [-0.2, 0) is 11.2 Å². The molecule has 0 aliphatic heterocycles.